The molecule has 13 heavy (non-hydrogen) atoms. The molecule has 0 N–H and O–H groups in total. The topological polar surface area (TPSA) is 18.5 Å². The molecule has 1 saturated heterocycles. The molecule has 0 bridgehead atoms. The van der Waals surface area contributed by atoms with Gasteiger partial charge in [-0.3, -0.25) is 0 Å². The molecule has 0 amide bonds. The van der Waals surface area contributed by atoms with Gasteiger partial charge in [-0.1, -0.05) is 29.8 Å². The van der Waals surface area contributed by atoms with Crippen LogP contribution in [0.3, 0.4) is 0 Å². The Bertz CT molecular complexity index is 282. The minimum Gasteiger partial charge on any atom is -0.370 e. The SMILES string of the molecule is Clc1ccccc1C1CO[CH]CO1. The average molecular weight is 198 g/mol. The van der Waals surface area contributed by atoms with Crippen molar-refractivity contribution >= 4 is 11.6 Å². The lowest BCUT2D eigenvalue weighted by Crippen LogP contribution is -2.19. The second-order valence-corrected chi connectivity index (χ2v) is 3.25. The summed E-state index contributed by atoms with van der Waals surface area (Å²) >= 11 is 6.01. The maximum absolute atomic E-state index is 6.01. The number of rotatable bonds is 1. The predicted molar refractivity (Wildman–Crippen MR) is 50.4 cm³/mol. The van der Waals surface area contributed by atoms with Crippen molar-refractivity contribution in [1.82, 2.24) is 0 Å². The maximum Gasteiger partial charge on any atom is 0.109 e. The highest BCUT2D eigenvalue weighted by atomic mass is 35.5. The van der Waals surface area contributed by atoms with E-state index in [9.17, 15) is 0 Å². The number of hydrogen-bond acceptors (Lipinski definition) is 2. The van der Waals surface area contributed by atoms with Gasteiger partial charge in [0.15, 0.2) is 0 Å². The fourth-order valence-electron chi connectivity index (χ4n) is 1.32. The van der Waals surface area contributed by atoms with Crippen LogP contribution in [-0.4, -0.2) is 13.2 Å². The first-order chi connectivity index (χ1) is 6.38. The van der Waals surface area contributed by atoms with E-state index in [-0.39, 0.29) is 6.10 Å². The summed E-state index contributed by atoms with van der Waals surface area (Å²) in [7, 11) is 0. The van der Waals surface area contributed by atoms with Crippen molar-refractivity contribution in [2.75, 3.05) is 13.2 Å². The highest BCUT2D eigenvalue weighted by molar-refractivity contribution is 6.31. The maximum atomic E-state index is 6.01. The first kappa shape index (κ1) is 9.00. The second kappa shape index (κ2) is 4.09. The lowest BCUT2D eigenvalue weighted by Gasteiger charge is -2.23. The van der Waals surface area contributed by atoms with Crippen LogP contribution in [0.25, 0.3) is 0 Å². The van der Waals surface area contributed by atoms with E-state index in [0.29, 0.717) is 13.2 Å². The van der Waals surface area contributed by atoms with Crippen molar-refractivity contribution in [1.29, 1.82) is 0 Å². The Labute approximate surface area is 82.4 Å². The number of hydrogen-bond donors (Lipinski definition) is 0. The van der Waals surface area contributed by atoms with Crippen LogP contribution in [0.4, 0.5) is 0 Å². The summed E-state index contributed by atoms with van der Waals surface area (Å²) in [6.45, 7) is 2.73. The minimum atomic E-state index is -0.0290. The van der Waals surface area contributed by atoms with Crippen LogP contribution in [-0.2, 0) is 9.47 Å². The van der Waals surface area contributed by atoms with E-state index in [1.807, 2.05) is 24.3 Å². The Morgan fingerprint density at radius 3 is 2.85 bits per heavy atom. The molecule has 1 atom stereocenters. The van der Waals surface area contributed by atoms with Gasteiger partial charge in [0.1, 0.15) is 12.7 Å². The molecule has 1 aliphatic heterocycles. The lowest BCUT2D eigenvalue weighted by molar-refractivity contribution is -0.0577. The van der Waals surface area contributed by atoms with Crippen LogP contribution in [0.15, 0.2) is 24.3 Å². The van der Waals surface area contributed by atoms with E-state index < -0.39 is 0 Å². The molecule has 1 heterocycles. The molecule has 1 aromatic rings. The van der Waals surface area contributed by atoms with E-state index in [4.69, 9.17) is 21.1 Å². The van der Waals surface area contributed by atoms with Gasteiger partial charge >= 0.3 is 0 Å². The van der Waals surface area contributed by atoms with E-state index in [2.05, 4.69) is 0 Å². The Morgan fingerprint density at radius 1 is 1.31 bits per heavy atom. The molecular formula is C10H10ClO2. The molecule has 1 radical (unpaired) electrons. The predicted octanol–water partition coefficient (Wildman–Crippen LogP) is 2.59. The summed E-state index contributed by atoms with van der Waals surface area (Å²) in [5.74, 6) is 0. The van der Waals surface area contributed by atoms with Gasteiger partial charge in [-0.15, -0.1) is 0 Å². The molecule has 1 fully saturated rings. The van der Waals surface area contributed by atoms with Gasteiger partial charge in [-0.2, -0.15) is 0 Å². The largest absolute Gasteiger partial charge is 0.370 e. The highest BCUT2D eigenvalue weighted by Crippen LogP contribution is 2.27. The zero-order valence-electron chi connectivity index (χ0n) is 7.07. The molecule has 0 aliphatic carbocycles. The summed E-state index contributed by atoms with van der Waals surface area (Å²) < 4.78 is 10.7. The Morgan fingerprint density at radius 2 is 2.15 bits per heavy atom. The highest BCUT2D eigenvalue weighted by Gasteiger charge is 2.18. The van der Waals surface area contributed by atoms with Crippen LogP contribution in [0.5, 0.6) is 0 Å². The van der Waals surface area contributed by atoms with E-state index >= 15 is 0 Å². The Balaban J connectivity index is 2.18. The van der Waals surface area contributed by atoms with Gasteiger partial charge in [0, 0.05) is 10.6 Å². The molecule has 0 aromatic heterocycles. The fraction of sp³-hybridized carbons (Fsp3) is 0.300. The van der Waals surface area contributed by atoms with Crippen molar-refractivity contribution < 1.29 is 9.47 Å². The third-order valence-corrected chi connectivity index (χ3v) is 2.33. The van der Waals surface area contributed by atoms with Crippen molar-refractivity contribution in [3.8, 4) is 0 Å². The van der Waals surface area contributed by atoms with Crippen LogP contribution < -0.4 is 0 Å². The van der Waals surface area contributed by atoms with Gasteiger partial charge in [0.2, 0.25) is 0 Å². The normalized spacial score (nSPS) is 23.0. The second-order valence-electron chi connectivity index (χ2n) is 2.84. The fourth-order valence-corrected chi connectivity index (χ4v) is 1.58. The lowest BCUT2D eigenvalue weighted by atomic mass is 10.1. The van der Waals surface area contributed by atoms with Crippen molar-refractivity contribution in [3.05, 3.63) is 41.5 Å². The Kier molecular flexibility index (Phi) is 2.83. The average Bonchev–Trinajstić information content (AvgIpc) is 2.20. The molecular weight excluding hydrogens is 188 g/mol. The standard InChI is InChI=1S/C10H10ClO2/c11-9-4-2-1-3-8(9)10-7-12-5-6-13-10/h1-5,10H,6-7H2. The zero-order valence-corrected chi connectivity index (χ0v) is 7.83. The summed E-state index contributed by atoms with van der Waals surface area (Å²) in [6, 6.07) is 7.67. The monoisotopic (exact) mass is 197 g/mol. The van der Waals surface area contributed by atoms with Gasteiger partial charge in [-0.25, -0.2) is 0 Å². The van der Waals surface area contributed by atoms with Gasteiger partial charge in [0.25, 0.3) is 0 Å². The number of ether oxygens (including phenoxy) is 2. The van der Waals surface area contributed by atoms with E-state index in [1.54, 1.807) is 6.61 Å². The summed E-state index contributed by atoms with van der Waals surface area (Å²) in [6.07, 6.45) is -0.0290. The molecule has 0 spiro atoms. The molecule has 2 rings (SSSR count). The molecule has 3 heteroatoms. The van der Waals surface area contributed by atoms with Crippen LogP contribution in [0.2, 0.25) is 5.02 Å². The van der Waals surface area contributed by atoms with E-state index in [0.717, 1.165) is 10.6 Å². The van der Waals surface area contributed by atoms with Crippen molar-refractivity contribution in [2.24, 2.45) is 0 Å². The summed E-state index contributed by atoms with van der Waals surface area (Å²) in [5, 5.41) is 0.734. The molecule has 69 valence electrons. The molecule has 1 unspecified atom stereocenters. The minimum absolute atomic E-state index is 0.0290. The van der Waals surface area contributed by atoms with Crippen molar-refractivity contribution in [2.45, 2.75) is 6.10 Å². The van der Waals surface area contributed by atoms with E-state index in [1.165, 1.54) is 0 Å². The van der Waals surface area contributed by atoms with Crippen LogP contribution in [0, 0.1) is 6.61 Å². The number of benzene rings is 1. The van der Waals surface area contributed by atoms with Crippen LogP contribution >= 0.6 is 11.6 Å². The molecule has 1 aromatic carbocycles. The molecule has 1 aliphatic rings. The summed E-state index contributed by atoms with van der Waals surface area (Å²) in [5.41, 5.74) is 0.997. The Hall–Kier alpha value is -0.570. The smallest absolute Gasteiger partial charge is 0.109 e. The van der Waals surface area contributed by atoms with Gasteiger partial charge in [-0.05, 0) is 6.07 Å². The quantitative estimate of drug-likeness (QED) is 0.689. The molecule has 0 saturated carbocycles. The molecule has 2 nitrogen and oxygen atoms in total. The number of halogens is 1. The third-order valence-electron chi connectivity index (χ3n) is 1.98. The summed E-state index contributed by atoms with van der Waals surface area (Å²) in [4.78, 5) is 0. The first-order valence-electron chi connectivity index (χ1n) is 4.17. The first-order valence-corrected chi connectivity index (χ1v) is 4.55. The van der Waals surface area contributed by atoms with Gasteiger partial charge < -0.3 is 9.47 Å². The third kappa shape index (κ3) is 2.02. The van der Waals surface area contributed by atoms with Crippen LogP contribution in [0.1, 0.15) is 11.7 Å². The van der Waals surface area contributed by atoms with Crippen molar-refractivity contribution in [3.63, 3.8) is 0 Å². The zero-order chi connectivity index (χ0) is 9.10. The van der Waals surface area contributed by atoms with Gasteiger partial charge in [0.05, 0.1) is 13.2 Å².